The maximum absolute atomic E-state index is 13.8. The second-order valence-corrected chi connectivity index (χ2v) is 9.63. The first-order valence-electron chi connectivity index (χ1n) is 12.5. The van der Waals surface area contributed by atoms with Gasteiger partial charge >= 0.3 is 0 Å². The Morgan fingerprint density at radius 1 is 0.829 bits per heavy atom. The Hall–Kier alpha value is -3.40. The third kappa shape index (κ3) is 7.54. The van der Waals surface area contributed by atoms with E-state index < -0.39 is 6.04 Å². The van der Waals surface area contributed by atoms with Gasteiger partial charge in [-0.15, -0.1) is 0 Å². The van der Waals surface area contributed by atoms with Crippen molar-refractivity contribution >= 4 is 11.8 Å². The van der Waals surface area contributed by atoms with E-state index >= 15 is 0 Å². The summed E-state index contributed by atoms with van der Waals surface area (Å²) in [6, 6.07) is 23.7. The van der Waals surface area contributed by atoms with Crippen molar-refractivity contribution in [3.05, 3.63) is 106 Å². The molecule has 0 aliphatic heterocycles. The highest BCUT2D eigenvalue weighted by Gasteiger charge is 2.31. The highest BCUT2D eigenvalue weighted by Crippen LogP contribution is 2.18. The molecule has 35 heavy (non-hydrogen) atoms. The van der Waals surface area contributed by atoms with E-state index in [9.17, 15) is 9.59 Å². The van der Waals surface area contributed by atoms with E-state index in [1.165, 1.54) is 5.56 Å². The number of nitrogens with zero attached hydrogens (tertiary/aromatic N) is 1. The Morgan fingerprint density at radius 2 is 1.54 bits per heavy atom. The maximum Gasteiger partial charge on any atom is 0.243 e. The molecule has 0 saturated carbocycles. The predicted octanol–water partition coefficient (Wildman–Crippen LogP) is 5.71. The summed E-state index contributed by atoms with van der Waals surface area (Å²) in [7, 11) is 0. The summed E-state index contributed by atoms with van der Waals surface area (Å²) in [5, 5.41) is 3.13. The van der Waals surface area contributed by atoms with Crippen molar-refractivity contribution in [2.45, 2.75) is 72.5 Å². The van der Waals surface area contributed by atoms with Crippen LogP contribution in [-0.2, 0) is 29.0 Å². The molecule has 3 rings (SSSR count). The van der Waals surface area contributed by atoms with Crippen LogP contribution >= 0.6 is 0 Å². The standard InChI is InChI=1S/C31H38N2O2/c1-6-25(5)32-31(35)29(19-26-12-8-7-9-13-26)33(21-28-14-10-11-22(2)17-28)30(34)20-27-16-15-23(3)24(4)18-27/h7-18,25,29H,6,19-21H2,1-5H3,(H,32,35)/t25-,29+/m1/s1. The lowest BCUT2D eigenvalue weighted by atomic mass is 9.99. The maximum atomic E-state index is 13.8. The van der Waals surface area contributed by atoms with Crippen LogP contribution in [0.1, 0.15) is 53.6 Å². The number of aryl methyl sites for hydroxylation is 3. The van der Waals surface area contributed by atoms with Crippen molar-refractivity contribution in [2.24, 2.45) is 0 Å². The number of benzene rings is 3. The van der Waals surface area contributed by atoms with Crippen molar-refractivity contribution in [1.29, 1.82) is 0 Å². The van der Waals surface area contributed by atoms with E-state index in [1.807, 2.05) is 75.4 Å². The molecule has 0 unspecified atom stereocenters. The Morgan fingerprint density at radius 3 is 2.20 bits per heavy atom. The average molecular weight is 471 g/mol. The second kappa shape index (κ2) is 12.3. The van der Waals surface area contributed by atoms with E-state index in [0.717, 1.165) is 34.2 Å². The lowest BCUT2D eigenvalue weighted by Crippen LogP contribution is -2.52. The smallest absolute Gasteiger partial charge is 0.243 e. The molecular formula is C31H38N2O2. The first-order chi connectivity index (χ1) is 16.8. The summed E-state index contributed by atoms with van der Waals surface area (Å²) in [6.45, 7) is 10.6. The molecule has 1 N–H and O–H groups in total. The van der Waals surface area contributed by atoms with Gasteiger partial charge in [-0.2, -0.15) is 0 Å². The van der Waals surface area contributed by atoms with E-state index in [0.29, 0.717) is 13.0 Å². The zero-order valence-corrected chi connectivity index (χ0v) is 21.7. The molecule has 0 fully saturated rings. The van der Waals surface area contributed by atoms with E-state index in [2.05, 4.69) is 37.4 Å². The third-order valence-corrected chi connectivity index (χ3v) is 6.63. The van der Waals surface area contributed by atoms with Crippen LogP contribution < -0.4 is 5.32 Å². The van der Waals surface area contributed by atoms with E-state index in [-0.39, 0.29) is 24.3 Å². The molecular weight excluding hydrogens is 432 g/mol. The predicted molar refractivity (Wildman–Crippen MR) is 143 cm³/mol. The number of carbonyl (C=O) groups is 2. The minimum absolute atomic E-state index is 0.0384. The van der Waals surface area contributed by atoms with E-state index in [1.54, 1.807) is 4.90 Å². The average Bonchev–Trinajstić information content (AvgIpc) is 2.84. The van der Waals surface area contributed by atoms with Crippen LogP contribution in [0.5, 0.6) is 0 Å². The van der Waals surface area contributed by atoms with Crippen LogP contribution in [0.2, 0.25) is 0 Å². The van der Waals surface area contributed by atoms with Crippen LogP contribution in [0.25, 0.3) is 0 Å². The van der Waals surface area contributed by atoms with Gasteiger partial charge in [-0.3, -0.25) is 9.59 Å². The van der Waals surface area contributed by atoms with Crippen molar-refractivity contribution in [2.75, 3.05) is 0 Å². The lowest BCUT2D eigenvalue weighted by molar-refractivity contribution is -0.141. The van der Waals surface area contributed by atoms with Gasteiger partial charge in [0.15, 0.2) is 0 Å². The molecule has 0 heterocycles. The Kier molecular flexibility index (Phi) is 9.25. The molecule has 184 valence electrons. The molecule has 3 aromatic carbocycles. The van der Waals surface area contributed by atoms with Crippen LogP contribution in [-0.4, -0.2) is 28.8 Å². The molecule has 0 radical (unpaired) electrons. The number of hydrogen-bond donors (Lipinski definition) is 1. The summed E-state index contributed by atoms with van der Waals surface area (Å²) in [5.74, 6) is -0.153. The molecule has 0 saturated heterocycles. The van der Waals surface area contributed by atoms with Gasteiger partial charge in [0.1, 0.15) is 6.04 Å². The zero-order valence-electron chi connectivity index (χ0n) is 21.7. The molecule has 0 aliphatic rings. The van der Waals surface area contributed by atoms with Gasteiger partial charge in [-0.05, 0) is 61.9 Å². The molecule has 0 aliphatic carbocycles. The van der Waals surface area contributed by atoms with Crippen LogP contribution in [0.4, 0.5) is 0 Å². The van der Waals surface area contributed by atoms with Gasteiger partial charge in [-0.25, -0.2) is 0 Å². The molecule has 4 heteroatoms. The fourth-order valence-corrected chi connectivity index (χ4v) is 4.19. The minimum atomic E-state index is -0.606. The number of amides is 2. The van der Waals surface area contributed by atoms with Crippen molar-refractivity contribution < 1.29 is 9.59 Å². The van der Waals surface area contributed by atoms with Crippen molar-refractivity contribution in [3.63, 3.8) is 0 Å². The van der Waals surface area contributed by atoms with Gasteiger partial charge in [-0.1, -0.05) is 85.3 Å². The Bertz CT molecular complexity index is 1140. The van der Waals surface area contributed by atoms with Gasteiger partial charge in [0, 0.05) is 19.0 Å². The summed E-state index contributed by atoms with van der Waals surface area (Å²) >= 11 is 0. The molecule has 0 bridgehead atoms. The number of carbonyl (C=O) groups excluding carboxylic acids is 2. The van der Waals surface area contributed by atoms with Gasteiger partial charge in [0.05, 0.1) is 6.42 Å². The van der Waals surface area contributed by atoms with Crippen LogP contribution in [0.15, 0.2) is 72.8 Å². The Balaban J connectivity index is 1.98. The number of hydrogen-bond acceptors (Lipinski definition) is 2. The quantitative estimate of drug-likeness (QED) is 0.413. The SMILES string of the molecule is CC[C@@H](C)NC(=O)[C@H](Cc1ccccc1)N(Cc1cccc(C)c1)C(=O)Cc1ccc(C)c(C)c1. The molecule has 0 spiro atoms. The third-order valence-electron chi connectivity index (χ3n) is 6.63. The molecule has 2 amide bonds. The number of rotatable bonds is 10. The number of nitrogens with one attached hydrogen (secondary N) is 1. The second-order valence-electron chi connectivity index (χ2n) is 9.63. The van der Waals surface area contributed by atoms with Gasteiger partial charge in [0.25, 0.3) is 0 Å². The largest absolute Gasteiger partial charge is 0.352 e. The molecule has 3 aromatic rings. The first kappa shape index (κ1) is 26.2. The van der Waals surface area contributed by atoms with Crippen LogP contribution in [0, 0.1) is 20.8 Å². The molecule has 0 aromatic heterocycles. The van der Waals surface area contributed by atoms with Crippen LogP contribution in [0.3, 0.4) is 0 Å². The fraction of sp³-hybridized carbons (Fsp3) is 0.355. The van der Waals surface area contributed by atoms with E-state index in [4.69, 9.17) is 0 Å². The minimum Gasteiger partial charge on any atom is -0.352 e. The van der Waals surface area contributed by atoms with Gasteiger partial charge < -0.3 is 10.2 Å². The normalized spacial score (nSPS) is 12.6. The molecule has 4 nitrogen and oxygen atoms in total. The highest BCUT2D eigenvalue weighted by atomic mass is 16.2. The monoisotopic (exact) mass is 470 g/mol. The molecule has 2 atom stereocenters. The zero-order chi connectivity index (χ0) is 25.4. The summed E-state index contributed by atoms with van der Waals surface area (Å²) in [6.07, 6.45) is 1.56. The summed E-state index contributed by atoms with van der Waals surface area (Å²) < 4.78 is 0. The summed E-state index contributed by atoms with van der Waals surface area (Å²) in [5.41, 5.74) is 6.52. The van der Waals surface area contributed by atoms with Crippen molar-refractivity contribution in [3.8, 4) is 0 Å². The van der Waals surface area contributed by atoms with Gasteiger partial charge in [0.2, 0.25) is 11.8 Å². The Labute approximate surface area is 210 Å². The van der Waals surface area contributed by atoms with Crippen molar-refractivity contribution in [1.82, 2.24) is 10.2 Å². The topological polar surface area (TPSA) is 49.4 Å². The highest BCUT2D eigenvalue weighted by molar-refractivity contribution is 5.89. The fourth-order valence-electron chi connectivity index (χ4n) is 4.19. The first-order valence-corrected chi connectivity index (χ1v) is 12.5. The lowest BCUT2D eigenvalue weighted by Gasteiger charge is -2.32. The summed E-state index contributed by atoms with van der Waals surface area (Å²) in [4.78, 5) is 29.2.